The standard InChI is InChI=1S/C36H61N15O13/c1-17(2)11-23(31(60)47-21(6-4-10-44-36(40)41)29(58)48-22(34(63)64)7-8-26(53)54)49-32(61)24(12-18-14-42-16-45-18)50-33(62)25(15-52)51-30(59)20(5-3-9-43-35(38)39)46-28(57)19(37)13-27(55)56/h14,16-17,19-25,52H,3-13,15,37H2,1-2H3,(H,42,45)(H,46,57)(H,47,60)(H,48,58)(H,49,61)(H,50,62)(H,51,59)(H,53,54)(H,55,56)(H,63,64)(H4,38,39,43)(H4,40,41,44)/t19-,20-,21-,22-,23-,24-,25-/m0/s1. The van der Waals surface area contributed by atoms with Crippen molar-refractivity contribution in [2.75, 3.05) is 19.7 Å². The Bertz CT molecular complexity index is 1800. The van der Waals surface area contributed by atoms with Crippen LogP contribution in [0.15, 0.2) is 22.5 Å². The van der Waals surface area contributed by atoms with Crippen LogP contribution in [0.5, 0.6) is 0 Å². The summed E-state index contributed by atoms with van der Waals surface area (Å²) in [5.41, 5.74) is 27.4. The molecule has 1 aromatic heterocycles. The smallest absolute Gasteiger partial charge is 0.326 e. The van der Waals surface area contributed by atoms with E-state index in [4.69, 9.17) is 38.9 Å². The Morgan fingerprint density at radius 1 is 0.641 bits per heavy atom. The van der Waals surface area contributed by atoms with Crippen molar-refractivity contribution in [1.82, 2.24) is 41.9 Å². The van der Waals surface area contributed by atoms with Crippen LogP contribution in [-0.2, 0) is 49.6 Å². The van der Waals surface area contributed by atoms with Gasteiger partial charge in [0, 0.05) is 37.8 Å². The minimum atomic E-state index is -1.74. The van der Waals surface area contributed by atoms with Crippen LogP contribution >= 0.6 is 0 Å². The van der Waals surface area contributed by atoms with Gasteiger partial charge < -0.3 is 86.0 Å². The van der Waals surface area contributed by atoms with E-state index < -0.39 is 122 Å². The number of carbonyl (C=O) groups is 9. The molecule has 28 heteroatoms. The Labute approximate surface area is 366 Å². The number of hydrogen-bond acceptors (Lipinski definition) is 14. The maximum absolute atomic E-state index is 14.0. The first-order valence-corrected chi connectivity index (χ1v) is 20.0. The number of guanidine groups is 2. The van der Waals surface area contributed by atoms with Gasteiger partial charge >= 0.3 is 17.9 Å². The maximum Gasteiger partial charge on any atom is 0.326 e. The highest BCUT2D eigenvalue weighted by Gasteiger charge is 2.34. The number of amides is 6. The molecule has 1 aromatic rings. The monoisotopic (exact) mass is 911 g/mol. The zero-order valence-corrected chi connectivity index (χ0v) is 35.5. The molecule has 358 valence electrons. The third kappa shape index (κ3) is 22.1. The van der Waals surface area contributed by atoms with E-state index in [-0.39, 0.29) is 69.5 Å². The molecule has 0 bridgehead atoms. The lowest BCUT2D eigenvalue weighted by molar-refractivity contribution is -0.143. The largest absolute Gasteiger partial charge is 0.481 e. The minimum absolute atomic E-state index is 0.00938. The van der Waals surface area contributed by atoms with E-state index in [1.165, 1.54) is 12.5 Å². The third-order valence-electron chi connectivity index (χ3n) is 8.92. The first kappa shape index (κ1) is 54.9. The number of aliphatic carboxylic acids is 3. The predicted molar refractivity (Wildman–Crippen MR) is 225 cm³/mol. The molecule has 0 saturated carbocycles. The number of imidazole rings is 1. The van der Waals surface area contributed by atoms with Gasteiger partial charge in [0.15, 0.2) is 11.9 Å². The van der Waals surface area contributed by atoms with Gasteiger partial charge in [0.25, 0.3) is 0 Å². The van der Waals surface area contributed by atoms with Crippen LogP contribution in [0, 0.1) is 5.92 Å². The molecule has 0 spiro atoms. The van der Waals surface area contributed by atoms with Crippen molar-refractivity contribution in [2.24, 2.45) is 44.6 Å². The van der Waals surface area contributed by atoms with E-state index >= 15 is 0 Å². The molecule has 6 amide bonds. The molecule has 0 aliphatic heterocycles. The Hall–Kier alpha value is -7.10. The van der Waals surface area contributed by atoms with Crippen LogP contribution < -0.4 is 60.6 Å². The molecule has 0 aromatic carbocycles. The van der Waals surface area contributed by atoms with E-state index in [0.29, 0.717) is 5.69 Å². The van der Waals surface area contributed by atoms with Crippen LogP contribution in [0.25, 0.3) is 0 Å². The van der Waals surface area contributed by atoms with Crippen LogP contribution in [0.4, 0.5) is 0 Å². The number of aliphatic imine (C=N–C) groups is 2. The lowest BCUT2D eigenvalue weighted by Crippen LogP contribution is -2.61. The van der Waals surface area contributed by atoms with E-state index in [1.54, 1.807) is 13.8 Å². The quantitative estimate of drug-likeness (QED) is 0.0187. The number of H-pyrrole nitrogens is 1. The van der Waals surface area contributed by atoms with E-state index in [9.17, 15) is 53.4 Å². The Morgan fingerprint density at radius 3 is 1.55 bits per heavy atom. The first-order chi connectivity index (χ1) is 30.0. The second-order valence-corrected chi connectivity index (χ2v) is 14.8. The number of aliphatic hydroxyl groups is 1. The van der Waals surface area contributed by atoms with Crippen LogP contribution in [-0.4, -0.2) is 158 Å². The van der Waals surface area contributed by atoms with Gasteiger partial charge in [0.1, 0.15) is 36.3 Å². The summed E-state index contributed by atoms with van der Waals surface area (Å²) in [5.74, 6) is -10.9. The second-order valence-electron chi connectivity index (χ2n) is 14.8. The molecule has 0 aliphatic rings. The molecule has 0 unspecified atom stereocenters. The average molecular weight is 912 g/mol. The summed E-state index contributed by atoms with van der Waals surface area (Å²) in [6.07, 6.45) is 0.449. The number of nitrogens with zero attached hydrogens (tertiary/aromatic N) is 3. The number of nitrogens with one attached hydrogen (secondary N) is 7. The zero-order chi connectivity index (χ0) is 48.5. The Kier molecular flexibility index (Phi) is 24.4. The number of rotatable bonds is 31. The summed E-state index contributed by atoms with van der Waals surface area (Å²) in [5, 5.41) is 52.2. The Balaban J connectivity index is 3.40. The SMILES string of the molecule is CC(C)C[C@H](NC(=O)[C@H](Cc1cnc[nH]1)NC(=O)[C@H](CO)NC(=O)[C@H](CCCN=C(N)N)NC(=O)[C@@H](N)CC(=O)O)C(=O)N[C@@H](CCCN=C(N)N)C(=O)N[C@@H](CCC(=O)O)C(=O)O. The molecule has 0 aliphatic carbocycles. The summed E-state index contributed by atoms with van der Waals surface area (Å²) in [7, 11) is 0. The van der Waals surface area contributed by atoms with Crippen molar-refractivity contribution in [3.63, 3.8) is 0 Å². The molecule has 7 atom stereocenters. The zero-order valence-electron chi connectivity index (χ0n) is 35.5. The fourth-order valence-electron chi connectivity index (χ4n) is 5.71. The number of hydrogen-bond donors (Lipinski definition) is 16. The molecule has 0 saturated heterocycles. The molecule has 28 nitrogen and oxygen atoms in total. The normalized spacial score (nSPS) is 14.1. The van der Waals surface area contributed by atoms with Gasteiger partial charge in [0.05, 0.1) is 25.4 Å². The molecular weight excluding hydrogens is 850 g/mol. The number of aliphatic hydroxyl groups excluding tert-OH is 1. The van der Waals surface area contributed by atoms with Crippen LogP contribution in [0.3, 0.4) is 0 Å². The van der Waals surface area contributed by atoms with Crippen LogP contribution in [0.2, 0.25) is 0 Å². The van der Waals surface area contributed by atoms with E-state index in [0.717, 1.165) is 0 Å². The summed E-state index contributed by atoms with van der Waals surface area (Å²) < 4.78 is 0. The van der Waals surface area contributed by atoms with Crippen LogP contribution in [0.1, 0.15) is 70.9 Å². The third-order valence-corrected chi connectivity index (χ3v) is 8.92. The lowest BCUT2D eigenvalue weighted by atomic mass is 10.0. The lowest BCUT2D eigenvalue weighted by Gasteiger charge is -2.27. The van der Waals surface area contributed by atoms with Gasteiger partial charge in [-0.05, 0) is 44.4 Å². The van der Waals surface area contributed by atoms with Crippen molar-refractivity contribution in [2.45, 2.75) is 114 Å². The highest BCUT2D eigenvalue weighted by Crippen LogP contribution is 2.10. The van der Waals surface area contributed by atoms with Crippen molar-refractivity contribution in [1.29, 1.82) is 0 Å². The summed E-state index contributed by atoms with van der Waals surface area (Å²) in [4.78, 5) is 129. The Morgan fingerprint density at radius 2 is 1.09 bits per heavy atom. The van der Waals surface area contributed by atoms with Gasteiger partial charge in [0.2, 0.25) is 35.4 Å². The molecule has 0 radical (unpaired) electrons. The topological polar surface area (TPSA) is 490 Å². The molecule has 0 fully saturated rings. The summed E-state index contributed by atoms with van der Waals surface area (Å²) in [6, 6.07) is -10.7. The van der Waals surface area contributed by atoms with Crippen molar-refractivity contribution < 1.29 is 63.6 Å². The molecular formula is C36H61N15O13. The molecule has 1 heterocycles. The van der Waals surface area contributed by atoms with Gasteiger partial charge in [-0.3, -0.25) is 48.3 Å². The number of aromatic amines is 1. The number of carbonyl (C=O) groups excluding carboxylic acids is 6. The van der Waals surface area contributed by atoms with Crippen molar-refractivity contribution in [3.8, 4) is 0 Å². The minimum Gasteiger partial charge on any atom is -0.481 e. The highest BCUT2D eigenvalue weighted by atomic mass is 16.4. The van der Waals surface area contributed by atoms with E-state index in [2.05, 4.69) is 51.9 Å². The molecule has 64 heavy (non-hydrogen) atoms. The maximum atomic E-state index is 14.0. The second kappa shape index (κ2) is 28.5. The summed E-state index contributed by atoms with van der Waals surface area (Å²) >= 11 is 0. The molecule has 21 N–H and O–H groups in total. The first-order valence-electron chi connectivity index (χ1n) is 20.0. The van der Waals surface area contributed by atoms with Gasteiger partial charge in [-0.25, -0.2) is 9.78 Å². The number of nitrogens with two attached hydrogens (primary N) is 5. The van der Waals surface area contributed by atoms with E-state index in [1.807, 2.05) is 0 Å². The fraction of sp³-hybridized carbons (Fsp3) is 0.611. The number of carboxylic acid groups (broad SMARTS) is 3. The predicted octanol–water partition coefficient (Wildman–Crippen LogP) is -6.24. The van der Waals surface area contributed by atoms with Crippen molar-refractivity contribution in [3.05, 3.63) is 18.2 Å². The number of carboxylic acids is 3. The highest BCUT2D eigenvalue weighted by molar-refractivity contribution is 5.97. The van der Waals surface area contributed by atoms with Gasteiger partial charge in [-0.2, -0.15) is 0 Å². The van der Waals surface area contributed by atoms with Gasteiger partial charge in [-0.15, -0.1) is 0 Å². The summed E-state index contributed by atoms with van der Waals surface area (Å²) in [6.45, 7) is 2.45. The fourth-order valence-corrected chi connectivity index (χ4v) is 5.71. The molecule has 1 rings (SSSR count). The van der Waals surface area contributed by atoms with Crippen molar-refractivity contribution >= 4 is 65.3 Å². The van der Waals surface area contributed by atoms with Gasteiger partial charge in [-0.1, -0.05) is 13.8 Å². The average Bonchev–Trinajstić information content (AvgIpc) is 3.72. The number of aromatic nitrogens is 2.